The second-order valence-corrected chi connectivity index (χ2v) is 9.54. The highest BCUT2D eigenvalue weighted by Gasteiger charge is 2.15. The lowest BCUT2D eigenvalue weighted by molar-refractivity contribution is -0.384. The van der Waals surface area contributed by atoms with E-state index < -0.39 is 16.9 Å². The van der Waals surface area contributed by atoms with E-state index in [0.29, 0.717) is 11.4 Å². The second kappa shape index (κ2) is 18.1. The molecule has 3 aromatic carbocycles. The molecule has 246 valence electrons. The van der Waals surface area contributed by atoms with Gasteiger partial charge in [0.1, 0.15) is 49.3 Å². The van der Waals surface area contributed by atoms with Gasteiger partial charge in [0.05, 0.1) is 16.3 Å². The van der Waals surface area contributed by atoms with Gasteiger partial charge in [-0.1, -0.05) is 13.2 Å². The average Bonchev–Trinajstić information content (AvgIpc) is 3.08. The molecule has 0 N–H and O–H groups in total. The first kappa shape index (κ1) is 35.6. The van der Waals surface area contributed by atoms with Crippen LogP contribution in [-0.2, 0) is 19.1 Å². The predicted molar refractivity (Wildman–Crippen MR) is 176 cm³/mol. The lowest BCUT2D eigenvalue weighted by atomic mass is 10.1. The minimum Gasteiger partial charge on any atom is -0.488 e. The second-order valence-electron chi connectivity index (χ2n) is 9.54. The number of nitro benzene ring substituents is 1. The number of anilines is 1. The molecule has 0 radical (unpaired) electrons. The first-order valence-electron chi connectivity index (χ1n) is 14.6. The van der Waals surface area contributed by atoms with E-state index in [1.54, 1.807) is 0 Å². The van der Waals surface area contributed by atoms with Gasteiger partial charge in [-0.3, -0.25) is 10.1 Å². The van der Waals surface area contributed by atoms with E-state index in [9.17, 15) is 19.7 Å². The molecule has 0 amide bonds. The molecule has 0 aliphatic carbocycles. The van der Waals surface area contributed by atoms with Crippen LogP contribution < -0.4 is 14.4 Å². The van der Waals surface area contributed by atoms with Crippen LogP contribution >= 0.6 is 0 Å². The molecule has 14 heteroatoms. The van der Waals surface area contributed by atoms with Crippen LogP contribution in [0.1, 0.15) is 19.4 Å². The fourth-order valence-corrected chi connectivity index (χ4v) is 4.03. The topological polar surface area (TPSA) is 167 Å². The highest BCUT2D eigenvalue weighted by Crippen LogP contribution is 2.42. The molecule has 0 heterocycles. The van der Waals surface area contributed by atoms with Crippen molar-refractivity contribution >= 4 is 46.1 Å². The molecule has 0 fully saturated rings. The third kappa shape index (κ3) is 10.9. The Morgan fingerprint density at radius 3 is 1.74 bits per heavy atom. The minimum absolute atomic E-state index is 0.0314. The summed E-state index contributed by atoms with van der Waals surface area (Å²) in [7, 11) is 0. The van der Waals surface area contributed by atoms with Crippen LogP contribution in [0.25, 0.3) is 0 Å². The highest BCUT2D eigenvalue weighted by molar-refractivity contribution is 5.81. The van der Waals surface area contributed by atoms with Crippen molar-refractivity contribution in [1.82, 2.24) is 0 Å². The SMILES string of the molecule is C=CC(=O)OCCOc1cc(N=Nc2ccc(N(CC)CC)cc2C)c(OCCOC(=O)C=C)cc1N=Nc1ccc([N+](=O)[O-])cc1. The van der Waals surface area contributed by atoms with Crippen molar-refractivity contribution in [1.29, 1.82) is 0 Å². The molecule has 0 aliphatic heterocycles. The molecular weight excluding hydrogens is 608 g/mol. The molecule has 14 nitrogen and oxygen atoms in total. The summed E-state index contributed by atoms with van der Waals surface area (Å²) >= 11 is 0. The number of rotatable bonds is 18. The summed E-state index contributed by atoms with van der Waals surface area (Å²) in [6.07, 6.45) is 2.08. The van der Waals surface area contributed by atoms with Crippen molar-refractivity contribution in [3.8, 4) is 11.5 Å². The van der Waals surface area contributed by atoms with Crippen molar-refractivity contribution in [2.24, 2.45) is 20.5 Å². The number of aryl methyl sites for hydroxylation is 1. The van der Waals surface area contributed by atoms with Gasteiger partial charge in [0.2, 0.25) is 0 Å². The van der Waals surface area contributed by atoms with E-state index in [-0.39, 0.29) is 55.0 Å². The first-order valence-corrected chi connectivity index (χ1v) is 14.6. The molecule has 0 atom stereocenters. The van der Waals surface area contributed by atoms with Gasteiger partial charge in [0.15, 0.2) is 0 Å². The minimum atomic E-state index is -0.607. The van der Waals surface area contributed by atoms with Gasteiger partial charge in [0.25, 0.3) is 5.69 Å². The molecule has 0 saturated heterocycles. The Balaban J connectivity index is 2.01. The molecule has 3 aromatic rings. The number of non-ortho nitro benzene ring substituents is 1. The van der Waals surface area contributed by atoms with Gasteiger partial charge in [-0.05, 0) is 56.7 Å². The Morgan fingerprint density at radius 1 is 0.766 bits per heavy atom. The third-order valence-electron chi connectivity index (χ3n) is 6.45. The normalized spacial score (nSPS) is 10.9. The van der Waals surface area contributed by atoms with Crippen molar-refractivity contribution in [3.63, 3.8) is 0 Å². The van der Waals surface area contributed by atoms with Crippen LogP contribution in [0.3, 0.4) is 0 Å². The van der Waals surface area contributed by atoms with Gasteiger partial charge in [-0.25, -0.2) is 9.59 Å². The van der Waals surface area contributed by atoms with Crippen molar-refractivity contribution in [2.45, 2.75) is 20.8 Å². The summed E-state index contributed by atoms with van der Waals surface area (Å²) in [5, 5.41) is 28.4. The Hall–Kier alpha value is -5.92. The molecule has 0 aromatic heterocycles. The van der Waals surface area contributed by atoms with E-state index in [0.717, 1.165) is 36.5 Å². The number of carbonyl (C=O) groups is 2. The smallest absolute Gasteiger partial charge is 0.330 e. The van der Waals surface area contributed by atoms with Gasteiger partial charge in [0, 0.05) is 55.2 Å². The zero-order valence-electron chi connectivity index (χ0n) is 26.5. The summed E-state index contributed by atoms with van der Waals surface area (Å²) in [6, 6.07) is 14.4. The molecule has 0 spiro atoms. The number of nitrogens with zero attached hydrogens (tertiary/aromatic N) is 6. The van der Waals surface area contributed by atoms with Gasteiger partial charge in [-0.15, -0.1) is 10.2 Å². The lowest BCUT2D eigenvalue weighted by Gasteiger charge is -2.21. The number of hydrogen-bond acceptors (Lipinski definition) is 13. The summed E-state index contributed by atoms with van der Waals surface area (Å²) in [4.78, 5) is 35.7. The zero-order valence-corrected chi connectivity index (χ0v) is 26.5. The van der Waals surface area contributed by atoms with Crippen LogP contribution in [0.15, 0.2) is 100 Å². The molecular formula is C33H36N6O8. The maximum atomic E-state index is 11.5. The Morgan fingerprint density at radius 2 is 1.28 bits per heavy atom. The quantitative estimate of drug-likeness (QED) is 0.0335. The van der Waals surface area contributed by atoms with E-state index in [4.69, 9.17) is 18.9 Å². The molecule has 0 unspecified atom stereocenters. The molecule has 0 bridgehead atoms. The highest BCUT2D eigenvalue weighted by atomic mass is 16.6. The molecule has 3 rings (SSSR count). The Kier molecular flexibility index (Phi) is 13.7. The Labute approximate surface area is 272 Å². The average molecular weight is 645 g/mol. The number of hydrogen-bond donors (Lipinski definition) is 0. The van der Waals surface area contributed by atoms with Crippen LogP contribution in [-0.4, -0.2) is 56.4 Å². The van der Waals surface area contributed by atoms with Crippen molar-refractivity contribution < 1.29 is 33.5 Å². The number of benzene rings is 3. The number of azo groups is 2. The van der Waals surface area contributed by atoms with Gasteiger partial charge < -0.3 is 23.8 Å². The number of esters is 2. The fourth-order valence-electron chi connectivity index (χ4n) is 4.03. The maximum Gasteiger partial charge on any atom is 0.330 e. The monoisotopic (exact) mass is 644 g/mol. The van der Waals surface area contributed by atoms with Crippen LogP contribution in [0, 0.1) is 17.0 Å². The predicted octanol–water partition coefficient (Wildman–Crippen LogP) is 7.80. The Bertz CT molecular complexity index is 1630. The number of carbonyl (C=O) groups excluding carboxylic acids is 2. The lowest BCUT2D eigenvalue weighted by Crippen LogP contribution is -2.21. The third-order valence-corrected chi connectivity index (χ3v) is 6.45. The number of nitro groups is 1. The van der Waals surface area contributed by atoms with Crippen LogP contribution in [0.5, 0.6) is 11.5 Å². The first-order chi connectivity index (χ1) is 22.7. The zero-order chi connectivity index (χ0) is 34.2. The molecule has 0 saturated carbocycles. The van der Waals surface area contributed by atoms with E-state index >= 15 is 0 Å². The summed E-state index contributed by atoms with van der Waals surface area (Å²) in [5.74, 6) is -0.776. The van der Waals surface area contributed by atoms with E-state index in [2.05, 4.69) is 52.4 Å². The van der Waals surface area contributed by atoms with Crippen LogP contribution in [0.2, 0.25) is 0 Å². The fraction of sp³-hybridized carbons (Fsp3) is 0.273. The summed E-state index contributed by atoms with van der Waals surface area (Å²) in [5.41, 5.74) is 3.32. The largest absolute Gasteiger partial charge is 0.488 e. The van der Waals surface area contributed by atoms with E-state index in [1.807, 2.05) is 25.1 Å². The van der Waals surface area contributed by atoms with Crippen molar-refractivity contribution in [3.05, 3.63) is 95.6 Å². The summed E-state index contributed by atoms with van der Waals surface area (Å²) in [6.45, 7) is 14.4. The van der Waals surface area contributed by atoms with Crippen molar-refractivity contribution in [2.75, 3.05) is 44.4 Å². The summed E-state index contributed by atoms with van der Waals surface area (Å²) < 4.78 is 21.8. The van der Waals surface area contributed by atoms with Gasteiger partial charge in [-0.2, -0.15) is 10.2 Å². The van der Waals surface area contributed by atoms with Crippen LogP contribution in [0.4, 0.5) is 34.1 Å². The standard InChI is InChI=1S/C33H36N6O8/c1-6-32(40)46-18-16-44-30-22-29(37-35-27-15-14-26(20-23(27)5)38(8-3)9-4)31(45-17-19-47-33(41)7-2)21-28(30)36-34-24-10-12-25(13-11-24)39(42)43/h6-7,10-15,20-22H,1-2,8-9,16-19H2,3-5H3. The molecule has 0 aliphatic rings. The number of ether oxygens (including phenoxy) is 4. The van der Waals surface area contributed by atoms with Gasteiger partial charge >= 0.3 is 11.9 Å². The maximum absolute atomic E-state index is 11.5. The molecule has 47 heavy (non-hydrogen) atoms. The van der Waals surface area contributed by atoms with E-state index in [1.165, 1.54) is 36.4 Å².